The molecule has 52 valence electrons. The number of nitrogens with two attached hydrogens (primary N) is 1. The molecule has 0 saturated heterocycles. The van der Waals surface area contributed by atoms with Gasteiger partial charge in [-0.05, 0) is 11.4 Å². The van der Waals surface area contributed by atoms with E-state index in [9.17, 15) is 0 Å². The first-order chi connectivity index (χ1) is 4.74. The molecule has 0 spiro atoms. The summed E-state index contributed by atoms with van der Waals surface area (Å²) in [5.74, 6) is 0. The predicted molar refractivity (Wildman–Crippen MR) is 48.1 cm³/mol. The molecule has 0 amide bonds. The third kappa shape index (κ3) is 1.34. The van der Waals surface area contributed by atoms with Crippen LogP contribution in [0.4, 0.5) is 5.69 Å². The van der Waals surface area contributed by atoms with E-state index in [-0.39, 0.29) is 0 Å². The highest BCUT2D eigenvalue weighted by Gasteiger charge is 1.93. The molecule has 1 atom stereocenters. The third-order valence-electron chi connectivity index (χ3n) is 1.27. The summed E-state index contributed by atoms with van der Waals surface area (Å²) in [5, 5.41) is 7.99. The van der Waals surface area contributed by atoms with Gasteiger partial charge in [-0.1, -0.05) is 12.1 Å². The second kappa shape index (κ2) is 2.80. The van der Waals surface area contributed by atoms with E-state index in [0.717, 1.165) is 10.9 Å². The Balaban J connectivity index is 3.19. The summed E-state index contributed by atoms with van der Waals surface area (Å²) in [7, 11) is 2.55. The minimum absolute atomic E-state index is 0.655. The first-order valence-electron chi connectivity index (χ1n) is 2.89. The first kappa shape index (κ1) is 7.23. The highest BCUT2D eigenvalue weighted by Crippen LogP contribution is 2.06. The normalized spacial score (nSPS) is 9.30. The Kier molecular flexibility index (Phi) is 2.03. The molecule has 1 rings (SSSR count). The van der Waals surface area contributed by atoms with Crippen LogP contribution in [-0.4, -0.2) is 6.21 Å². The van der Waals surface area contributed by atoms with Crippen LogP contribution in [0.2, 0.25) is 0 Å². The summed E-state index contributed by atoms with van der Waals surface area (Å²) >= 11 is 0. The van der Waals surface area contributed by atoms with Crippen LogP contribution in [0.15, 0.2) is 18.2 Å². The van der Waals surface area contributed by atoms with E-state index in [2.05, 4.69) is 9.24 Å². The lowest BCUT2D eigenvalue weighted by atomic mass is 10.2. The Morgan fingerprint density at radius 3 is 2.70 bits per heavy atom. The standard InChI is InChI=1S/C7H9N2P/c8-4-5-1-2-6(10)3-7(5)9/h1-4,8H,9-10H2. The van der Waals surface area contributed by atoms with E-state index in [1.54, 1.807) is 0 Å². The van der Waals surface area contributed by atoms with Gasteiger partial charge in [0, 0.05) is 17.5 Å². The maximum atomic E-state index is 6.94. The third-order valence-corrected chi connectivity index (χ3v) is 1.63. The molecule has 10 heavy (non-hydrogen) atoms. The maximum absolute atomic E-state index is 6.94. The smallest absolute Gasteiger partial charge is 0.0409 e. The van der Waals surface area contributed by atoms with Crippen molar-refractivity contribution in [3.05, 3.63) is 23.8 Å². The van der Waals surface area contributed by atoms with Crippen LogP contribution < -0.4 is 11.0 Å². The van der Waals surface area contributed by atoms with Crippen LogP contribution >= 0.6 is 9.24 Å². The molecule has 0 bridgehead atoms. The molecule has 0 radical (unpaired) electrons. The molecule has 1 unspecified atom stereocenters. The van der Waals surface area contributed by atoms with Crippen LogP contribution in [0.1, 0.15) is 5.56 Å². The van der Waals surface area contributed by atoms with Gasteiger partial charge < -0.3 is 11.1 Å². The van der Waals surface area contributed by atoms with Crippen molar-refractivity contribution in [3.63, 3.8) is 0 Å². The van der Waals surface area contributed by atoms with Crippen LogP contribution in [0.3, 0.4) is 0 Å². The first-order valence-corrected chi connectivity index (χ1v) is 3.47. The summed E-state index contributed by atoms with van der Waals surface area (Å²) < 4.78 is 0. The lowest BCUT2D eigenvalue weighted by Crippen LogP contribution is -1.98. The van der Waals surface area contributed by atoms with E-state index in [1.807, 2.05) is 18.2 Å². The van der Waals surface area contributed by atoms with E-state index < -0.39 is 0 Å². The summed E-state index contributed by atoms with van der Waals surface area (Å²) in [6.45, 7) is 0. The molecule has 0 saturated carbocycles. The number of hydrogen-bond donors (Lipinski definition) is 2. The van der Waals surface area contributed by atoms with Crippen molar-refractivity contribution in [1.29, 1.82) is 5.41 Å². The maximum Gasteiger partial charge on any atom is 0.0409 e. The molecule has 2 nitrogen and oxygen atoms in total. The number of nitrogens with one attached hydrogen (secondary N) is 1. The van der Waals surface area contributed by atoms with E-state index in [0.29, 0.717) is 5.69 Å². The van der Waals surface area contributed by atoms with Gasteiger partial charge in [0.2, 0.25) is 0 Å². The van der Waals surface area contributed by atoms with Crippen LogP contribution in [0.5, 0.6) is 0 Å². The lowest BCUT2D eigenvalue weighted by Gasteiger charge is -1.98. The lowest BCUT2D eigenvalue weighted by molar-refractivity contribution is 1.54. The minimum atomic E-state index is 0.655. The quantitative estimate of drug-likeness (QED) is 0.348. The SMILES string of the molecule is N=Cc1ccc(P)cc1N. The second-order valence-corrected chi connectivity index (χ2v) is 2.70. The fourth-order valence-electron chi connectivity index (χ4n) is 0.725. The van der Waals surface area contributed by atoms with Gasteiger partial charge in [0.1, 0.15) is 0 Å². The molecule has 1 aromatic rings. The number of anilines is 1. The van der Waals surface area contributed by atoms with Gasteiger partial charge in [0.25, 0.3) is 0 Å². The molecule has 0 fully saturated rings. The summed E-state index contributed by atoms with van der Waals surface area (Å²) in [5.41, 5.74) is 6.99. The summed E-state index contributed by atoms with van der Waals surface area (Å²) in [4.78, 5) is 0. The average Bonchev–Trinajstić information content (AvgIpc) is 1.88. The monoisotopic (exact) mass is 152 g/mol. The van der Waals surface area contributed by atoms with Crippen molar-refractivity contribution < 1.29 is 0 Å². The molecule has 0 heterocycles. The van der Waals surface area contributed by atoms with Gasteiger partial charge in [-0.15, -0.1) is 9.24 Å². The van der Waals surface area contributed by atoms with Crippen LogP contribution in [0, 0.1) is 5.41 Å². The van der Waals surface area contributed by atoms with Crippen molar-refractivity contribution in [2.75, 3.05) is 5.73 Å². The van der Waals surface area contributed by atoms with Crippen molar-refractivity contribution in [2.45, 2.75) is 0 Å². The topological polar surface area (TPSA) is 49.9 Å². The number of rotatable bonds is 1. The van der Waals surface area contributed by atoms with E-state index in [1.165, 1.54) is 6.21 Å². The zero-order valence-electron chi connectivity index (χ0n) is 5.46. The Hall–Kier alpha value is -0.880. The summed E-state index contributed by atoms with van der Waals surface area (Å²) in [6, 6.07) is 5.55. The van der Waals surface area contributed by atoms with Crippen molar-refractivity contribution in [3.8, 4) is 0 Å². The largest absolute Gasteiger partial charge is 0.398 e. The number of benzene rings is 1. The zero-order chi connectivity index (χ0) is 7.56. The Bertz CT molecular complexity index is 258. The fraction of sp³-hybridized carbons (Fsp3) is 0. The Morgan fingerprint density at radius 2 is 2.20 bits per heavy atom. The predicted octanol–water partition coefficient (Wildman–Crippen LogP) is 0.767. The molecular formula is C7H9N2P. The highest BCUT2D eigenvalue weighted by molar-refractivity contribution is 7.27. The molecule has 3 heteroatoms. The van der Waals surface area contributed by atoms with Gasteiger partial charge in [0.05, 0.1) is 0 Å². The Morgan fingerprint density at radius 1 is 1.50 bits per heavy atom. The highest BCUT2D eigenvalue weighted by atomic mass is 31.0. The van der Waals surface area contributed by atoms with Gasteiger partial charge in [-0.25, -0.2) is 0 Å². The summed E-state index contributed by atoms with van der Waals surface area (Å²) in [6.07, 6.45) is 1.25. The van der Waals surface area contributed by atoms with Gasteiger partial charge in [0.15, 0.2) is 0 Å². The molecule has 1 aromatic carbocycles. The second-order valence-electron chi connectivity index (χ2n) is 2.03. The van der Waals surface area contributed by atoms with Crippen LogP contribution in [0.25, 0.3) is 0 Å². The number of nitrogen functional groups attached to an aromatic ring is 1. The molecular weight excluding hydrogens is 143 g/mol. The average molecular weight is 152 g/mol. The minimum Gasteiger partial charge on any atom is -0.398 e. The zero-order valence-corrected chi connectivity index (χ0v) is 6.62. The fourth-order valence-corrected chi connectivity index (χ4v) is 1.00. The van der Waals surface area contributed by atoms with Gasteiger partial charge in [-0.2, -0.15) is 0 Å². The van der Waals surface area contributed by atoms with Gasteiger partial charge >= 0.3 is 0 Å². The molecule has 0 aliphatic rings. The molecule has 0 aliphatic carbocycles. The van der Waals surface area contributed by atoms with E-state index in [4.69, 9.17) is 11.1 Å². The van der Waals surface area contributed by atoms with Crippen LogP contribution in [-0.2, 0) is 0 Å². The molecule has 0 aliphatic heterocycles. The van der Waals surface area contributed by atoms with E-state index >= 15 is 0 Å². The van der Waals surface area contributed by atoms with Crippen molar-refractivity contribution in [1.82, 2.24) is 0 Å². The molecule has 3 N–H and O–H groups in total. The van der Waals surface area contributed by atoms with Crippen molar-refractivity contribution >= 4 is 26.4 Å². The molecule has 0 aromatic heterocycles. The van der Waals surface area contributed by atoms with Crippen molar-refractivity contribution in [2.24, 2.45) is 0 Å². The number of hydrogen-bond acceptors (Lipinski definition) is 2. The Labute approximate surface area is 62.2 Å². The van der Waals surface area contributed by atoms with Gasteiger partial charge in [-0.3, -0.25) is 0 Å².